The van der Waals surface area contributed by atoms with Crippen LogP contribution in [0.25, 0.3) is 0 Å². The van der Waals surface area contributed by atoms with Crippen molar-refractivity contribution in [3.8, 4) is 5.75 Å². The van der Waals surface area contributed by atoms with E-state index in [2.05, 4.69) is 0 Å². The Morgan fingerprint density at radius 1 is 1.25 bits per heavy atom. The minimum absolute atomic E-state index is 0.281. The highest BCUT2D eigenvalue weighted by atomic mass is 16.5. The summed E-state index contributed by atoms with van der Waals surface area (Å²) in [5.41, 5.74) is -0.0763. The summed E-state index contributed by atoms with van der Waals surface area (Å²) in [6.07, 6.45) is 2.46. The smallest absolute Gasteiger partial charge is 0.119 e. The number of hydrogen-bond donors (Lipinski definition) is 3. The lowest BCUT2D eigenvalue weighted by atomic mass is 10.0. The van der Waals surface area contributed by atoms with Crippen molar-refractivity contribution >= 4 is 0 Å². The maximum atomic E-state index is 10.2. The van der Waals surface area contributed by atoms with Gasteiger partial charge in [0.1, 0.15) is 18.5 Å². The fourth-order valence-corrected chi connectivity index (χ4v) is 2.63. The van der Waals surface area contributed by atoms with Gasteiger partial charge in [-0.2, -0.15) is 0 Å². The quantitative estimate of drug-likeness (QED) is 0.747. The van der Waals surface area contributed by atoms with Crippen molar-refractivity contribution < 1.29 is 20.1 Å². The molecule has 0 aliphatic heterocycles. The summed E-state index contributed by atoms with van der Waals surface area (Å²) in [5.74, 6) is 0.616. The molecule has 1 fully saturated rings. The molecule has 3 N–H and O–H groups in total. The van der Waals surface area contributed by atoms with Gasteiger partial charge >= 0.3 is 0 Å². The van der Waals surface area contributed by atoms with E-state index in [1.165, 1.54) is 0 Å². The van der Waals surface area contributed by atoms with E-state index >= 15 is 0 Å². The van der Waals surface area contributed by atoms with Gasteiger partial charge in [-0.05, 0) is 37.0 Å². The van der Waals surface area contributed by atoms with Gasteiger partial charge < -0.3 is 20.1 Å². The summed E-state index contributed by atoms with van der Waals surface area (Å²) >= 11 is 0. The molecule has 20 heavy (non-hydrogen) atoms. The number of benzene rings is 1. The summed E-state index contributed by atoms with van der Waals surface area (Å²) in [6.45, 7) is 2.10. The zero-order chi connectivity index (χ0) is 14.6. The molecular weight excluding hydrogens is 256 g/mol. The molecule has 0 radical (unpaired) electrons. The Labute approximate surface area is 120 Å². The Balaban J connectivity index is 1.99. The summed E-state index contributed by atoms with van der Waals surface area (Å²) in [5, 5.41) is 29.9. The molecule has 0 heterocycles. The van der Waals surface area contributed by atoms with Crippen LogP contribution in [0.2, 0.25) is 0 Å². The SMILES string of the molecule is CC[C@@H](O)[C@@H](O)c1cccc(OCC2(O)CCCC2)c1. The largest absolute Gasteiger partial charge is 0.491 e. The molecular formula is C16H24O4. The molecule has 0 aromatic heterocycles. The van der Waals surface area contributed by atoms with Crippen LogP contribution in [-0.2, 0) is 0 Å². The Bertz CT molecular complexity index is 426. The molecule has 0 spiro atoms. The van der Waals surface area contributed by atoms with Gasteiger partial charge in [0.05, 0.1) is 11.7 Å². The maximum Gasteiger partial charge on any atom is 0.119 e. The van der Waals surface area contributed by atoms with E-state index < -0.39 is 17.8 Å². The van der Waals surface area contributed by atoms with Gasteiger partial charge in [0.15, 0.2) is 0 Å². The first kappa shape index (κ1) is 15.3. The zero-order valence-electron chi connectivity index (χ0n) is 12.0. The summed E-state index contributed by atoms with van der Waals surface area (Å²) in [6, 6.07) is 7.07. The van der Waals surface area contributed by atoms with Gasteiger partial charge in [0.25, 0.3) is 0 Å². The molecule has 0 bridgehead atoms. The lowest BCUT2D eigenvalue weighted by Crippen LogP contribution is -2.32. The van der Waals surface area contributed by atoms with Crippen molar-refractivity contribution in [3.05, 3.63) is 29.8 Å². The standard InChI is InChI=1S/C16H24O4/c1-2-14(17)15(18)12-6-5-7-13(10-12)20-11-16(19)8-3-4-9-16/h5-7,10,14-15,17-19H,2-4,8-9,11H2,1H3/t14-,15+/m1/s1. The van der Waals surface area contributed by atoms with E-state index in [1.807, 2.05) is 6.92 Å². The van der Waals surface area contributed by atoms with Crippen LogP contribution >= 0.6 is 0 Å². The predicted molar refractivity (Wildman–Crippen MR) is 76.6 cm³/mol. The average Bonchev–Trinajstić information content (AvgIpc) is 2.91. The molecule has 1 aliphatic carbocycles. The van der Waals surface area contributed by atoms with E-state index in [-0.39, 0.29) is 6.61 Å². The van der Waals surface area contributed by atoms with E-state index in [0.717, 1.165) is 25.7 Å². The average molecular weight is 280 g/mol. The van der Waals surface area contributed by atoms with Gasteiger partial charge in [-0.15, -0.1) is 0 Å². The summed E-state index contributed by atoms with van der Waals surface area (Å²) in [4.78, 5) is 0. The fraction of sp³-hybridized carbons (Fsp3) is 0.625. The number of aliphatic hydroxyl groups is 3. The maximum absolute atomic E-state index is 10.2. The van der Waals surface area contributed by atoms with Crippen LogP contribution < -0.4 is 4.74 Å². The highest BCUT2D eigenvalue weighted by Gasteiger charge is 2.31. The van der Waals surface area contributed by atoms with Gasteiger partial charge in [0, 0.05) is 0 Å². The molecule has 4 nitrogen and oxygen atoms in total. The molecule has 2 rings (SSSR count). The zero-order valence-corrected chi connectivity index (χ0v) is 12.0. The predicted octanol–water partition coefficient (Wildman–Crippen LogP) is 2.17. The van der Waals surface area contributed by atoms with Crippen molar-refractivity contribution in [2.24, 2.45) is 0 Å². The van der Waals surface area contributed by atoms with Gasteiger partial charge in [-0.25, -0.2) is 0 Å². The highest BCUT2D eigenvalue weighted by molar-refractivity contribution is 5.30. The molecule has 2 atom stereocenters. The number of aliphatic hydroxyl groups excluding tert-OH is 2. The van der Waals surface area contributed by atoms with Crippen molar-refractivity contribution in [1.29, 1.82) is 0 Å². The lowest BCUT2D eigenvalue weighted by molar-refractivity contribution is 0.000808. The molecule has 112 valence electrons. The minimum Gasteiger partial charge on any atom is -0.491 e. The van der Waals surface area contributed by atoms with Crippen molar-refractivity contribution in [2.45, 2.75) is 56.8 Å². The topological polar surface area (TPSA) is 69.9 Å². The van der Waals surface area contributed by atoms with Gasteiger partial charge in [0.2, 0.25) is 0 Å². The van der Waals surface area contributed by atoms with Crippen molar-refractivity contribution in [3.63, 3.8) is 0 Å². The van der Waals surface area contributed by atoms with Crippen LogP contribution in [-0.4, -0.2) is 33.6 Å². The second kappa shape index (κ2) is 6.57. The number of ether oxygens (including phenoxy) is 1. The molecule has 0 unspecified atom stereocenters. The fourth-order valence-electron chi connectivity index (χ4n) is 2.63. The van der Waals surface area contributed by atoms with E-state index in [1.54, 1.807) is 24.3 Å². The van der Waals surface area contributed by atoms with Crippen molar-refractivity contribution in [1.82, 2.24) is 0 Å². The number of rotatable bonds is 6. The van der Waals surface area contributed by atoms with Crippen LogP contribution in [0, 0.1) is 0 Å². The Kier molecular flexibility index (Phi) is 5.02. The Morgan fingerprint density at radius 2 is 1.95 bits per heavy atom. The van der Waals surface area contributed by atoms with Crippen molar-refractivity contribution in [2.75, 3.05) is 6.61 Å². The van der Waals surface area contributed by atoms with Crippen LogP contribution in [0.5, 0.6) is 5.75 Å². The number of hydrogen-bond acceptors (Lipinski definition) is 4. The van der Waals surface area contributed by atoms with Crippen LogP contribution in [0.3, 0.4) is 0 Å². The molecule has 0 saturated heterocycles. The molecule has 1 aliphatic rings. The third-order valence-corrected chi connectivity index (χ3v) is 4.02. The first-order valence-corrected chi connectivity index (χ1v) is 7.35. The Hall–Kier alpha value is -1.10. The first-order valence-electron chi connectivity index (χ1n) is 7.35. The third kappa shape index (κ3) is 3.72. The lowest BCUT2D eigenvalue weighted by Gasteiger charge is -2.23. The van der Waals surface area contributed by atoms with Gasteiger partial charge in [-0.1, -0.05) is 31.9 Å². The summed E-state index contributed by atoms with van der Waals surface area (Å²) < 4.78 is 5.65. The molecule has 0 amide bonds. The Morgan fingerprint density at radius 3 is 2.60 bits per heavy atom. The second-order valence-corrected chi connectivity index (χ2v) is 5.71. The summed E-state index contributed by atoms with van der Waals surface area (Å²) in [7, 11) is 0. The molecule has 1 saturated carbocycles. The highest BCUT2D eigenvalue weighted by Crippen LogP contribution is 2.30. The molecule has 1 aromatic carbocycles. The molecule has 4 heteroatoms. The third-order valence-electron chi connectivity index (χ3n) is 4.02. The monoisotopic (exact) mass is 280 g/mol. The van der Waals surface area contributed by atoms with Crippen LogP contribution in [0.15, 0.2) is 24.3 Å². The van der Waals surface area contributed by atoms with E-state index in [0.29, 0.717) is 17.7 Å². The normalized spacial score (nSPS) is 20.6. The van der Waals surface area contributed by atoms with Crippen LogP contribution in [0.1, 0.15) is 50.7 Å². The minimum atomic E-state index is -0.905. The first-order chi connectivity index (χ1) is 9.54. The van der Waals surface area contributed by atoms with E-state index in [4.69, 9.17) is 4.74 Å². The second-order valence-electron chi connectivity index (χ2n) is 5.71. The molecule has 1 aromatic rings. The van der Waals surface area contributed by atoms with Gasteiger partial charge in [-0.3, -0.25) is 0 Å². The van der Waals surface area contributed by atoms with Crippen LogP contribution in [0.4, 0.5) is 0 Å². The van der Waals surface area contributed by atoms with E-state index in [9.17, 15) is 15.3 Å².